The van der Waals surface area contributed by atoms with E-state index >= 15 is 0 Å². The number of amides is 1. The van der Waals surface area contributed by atoms with E-state index in [1.165, 1.54) is 0 Å². The van der Waals surface area contributed by atoms with Crippen molar-refractivity contribution >= 4 is 17.5 Å². The minimum absolute atomic E-state index is 0.0716. The van der Waals surface area contributed by atoms with E-state index in [4.69, 9.17) is 4.74 Å². The Labute approximate surface area is 154 Å². The van der Waals surface area contributed by atoms with Crippen molar-refractivity contribution in [3.05, 3.63) is 47.3 Å². The maximum atomic E-state index is 12.6. The van der Waals surface area contributed by atoms with E-state index in [9.17, 15) is 4.79 Å². The van der Waals surface area contributed by atoms with Crippen LogP contribution in [-0.2, 0) is 4.74 Å². The quantitative estimate of drug-likeness (QED) is 0.878. The smallest absolute Gasteiger partial charge is 0.251 e. The average Bonchev–Trinajstić information content (AvgIpc) is 2.53. The molecule has 1 aliphatic rings. The second-order valence-electron chi connectivity index (χ2n) is 7.45. The van der Waals surface area contributed by atoms with Gasteiger partial charge >= 0.3 is 0 Å². The zero-order chi connectivity index (χ0) is 18.7. The van der Waals surface area contributed by atoms with Crippen molar-refractivity contribution in [2.24, 2.45) is 0 Å². The molecule has 1 aliphatic heterocycles. The first-order chi connectivity index (χ1) is 12.3. The van der Waals surface area contributed by atoms with Crippen LogP contribution < -0.4 is 10.6 Å². The summed E-state index contributed by atoms with van der Waals surface area (Å²) < 4.78 is 5.71. The third kappa shape index (κ3) is 4.79. The van der Waals surface area contributed by atoms with Gasteiger partial charge in [-0.1, -0.05) is 6.07 Å². The summed E-state index contributed by atoms with van der Waals surface area (Å²) >= 11 is 0. The standard InChI is InChI=1S/C20H26N4O2/c1-13-10-14(2)22-19(21-13)24-16-7-5-6-15(11-16)18(25)23-17-8-9-26-20(3,4)12-17/h5-7,10-11,17H,8-9,12H2,1-4H3,(H,23,25)(H,21,22,24)/t17-/m0/s1. The van der Waals surface area contributed by atoms with E-state index in [-0.39, 0.29) is 17.6 Å². The predicted molar refractivity (Wildman–Crippen MR) is 102 cm³/mol. The molecule has 0 radical (unpaired) electrons. The van der Waals surface area contributed by atoms with Crippen LogP contribution in [0.5, 0.6) is 0 Å². The summed E-state index contributed by atoms with van der Waals surface area (Å²) in [7, 11) is 0. The number of anilines is 2. The molecule has 3 rings (SSSR count). The number of ether oxygens (including phenoxy) is 1. The molecule has 0 saturated carbocycles. The van der Waals surface area contributed by atoms with Gasteiger partial charge in [-0.2, -0.15) is 0 Å². The lowest BCUT2D eigenvalue weighted by Gasteiger charge is -2.35. The van der Waals surface area contributed by atoms with Gasteiger partial charge in [-0.05, 0) is 64.8 Å². The lowest BCUT2D eigenvalue weighted by Crippen LogP contribution is -2.45. The van der Waals surface area contributed by atoms with E-state index in [1.807, 2.05) is 44.2 Å². The largest absolute Gasteiger partial charge is 0.375 e. The minimum Gasteiger partial charge on any atom is -0.375 e. The fourth-order valence-corrected chi connectivity index (χ4v) is 3.27. The molecule has 2 N–H and O–H groups in total. The van der Waals surface area contributed by atoms with Gasteiger partial charge in [-0.15, -0.1) is 0 Å². The monoisotopic (exact) mass is 354 g/mol. The first kappa shape index (κ1) is 18.3. The first-order valence-electron chi connectivity index (χ1n) is 8.95. The van der Waals surface area contributed by atoms with Crippen molar-refractivity contribution in [1.29, 1.82) is 0 Å². The van der Waals surface area contributed by atoms with Gasteiger partial charge in [-0.25, -0.2) is 9.97 Å². The van der Waals surface area contributed by atoms with Crippen LogP contribution >= 0.6 is 0 Å². The average molecular weight is 354 g/mol. The van der Waals surface area contributed by atoms with Crippen molar-refractivity contribution in [3.8, 4) is 0 Å². The molecule has 1 fully saturated rings. The molecule has 0 aliphatic carbocycles. The molecule has 138 valence electrons. The number of nitrogens with zero attached hydrogens (tertiary/aromatic N) is 2. The van der Waals surface area contributed by atoms with Crippen molar-refractivity contribution in [2.75, 3.05) is 11.9 Å². The maximum absolute atomic E-state index is 12.6. The van der Waals surface area contributed by atoms with Crippen LogP contribution in [0.2, 0.25) is 0 Å². The molecule has 0 bridgehead atoms. The van der Waals surface area contributed by atoms with Crippen molar-refractivity contribution < 1.29 is 9.53 Å². The summed E-state index contributed by atoms with van der Waals surface area (Å²) in [5.41, 5.74) is 3.01. The highest BCUT2D eigenvalue weighted by molar-refractivity contribution is 5.95. The second-order valence-corrected chi connectivity index (χ2v) is 7.45. The van der Waals surface area contributed by atoms with Gasteiger partial charge in [0.1, 0.15) is 0 Å². The number of nitrogens with one attached hydrogen (secondary N) is 2. The fraction of sp³-hybridized carbons (Fsp3) is 0.450. The van der Waals surface area contributed by atoms with Gasteiger partial charge in [0.2, 0.25) is 5.95 Å². The van der Waals surface area contributed by atoms with Crippen LogP contribution in [0.4, 0.5) is 11.6 Å². The molecule has 1 saturated heterocycles. The van der Waals surface area contributed by atoms with Crippen LogP contribution in [0, 0.1) is 13.8 Å². The number of carbonyl (C=O) groups is 1. The van der Waals surface area contributed by atoms with Gasteiger partial charge in [0.25, 0.3) is 5.91 Å². The molecular formula is C20H26N4O2. The topological polar surface area (TPSA) is 76.1 Å². The third-order valence-corrected chi connectivity index (χ3v) is 4.40. The van der Waals surface area contributed by atoms with Crippen LogP contribution in [0.25, 0.3) is 0 Å². The molecule has 6 heteroatoms. The number of hydrogen-bond acceptors (Lipinski definition) is 5. The number of aryl methyl sites for hydroxylation is 2. The normalized spacial score (nSPS) is 19.0. The second kappa shape index (κ2) is 7.41. The third-order valence-electron chi connectivity index (χ3n) is 4.40. The highest BCUT2D eigenvalue weighted by Gasteiger charge is 2.29. The molecule has 2 aromatic rings. The summed E-state index contributed by atoms with van der Waals surface area (Å²) in [6, 6.07) is 9.44. The van der Waals surface area contributed by atoms with Crippen molar-refractivity contribution in [1.82, 2.24) is 15.3 Å². The molecule has 26 heavy (non-hydrogen) atoms. The molecule has 1 aromatic heterocycles. The van der Waals surface area contributed by atoms with Gasteiger partial charge in [0.15, 0.2) is 0 Å². The fourth-order valence-electron chi connectivity index (χ4n) is 3.27. The Morgan fingerprint density at radius 1 is 1.19 bits per heavy atom. The summed E-state index contributed by atoms with van der Waals surface area (Å²) in [4.78, 5) is 21.4. The maximum Gasteiger partial charge on any atom is 0.251 e. The Balaban J connectivity index is 1.69. The Bertz CT molecular complexity index is 784. The van der Waals surface area contributed by atoms with Gasteiger partial charge in [-0.3, -0.25) is 4.79 Å². The zero-order valence-electron chi connectivity index (χ0n) is 15.8. The van der Waals surface area contributed by atoms with E-state index in [0.29, 0.717) is 18.1 Å². The number of benzene rings is 1. The number of rotatable bonds is 4. The molecule has 0 spiro atoms. The Morgan fingerprint density at radius 2 is 1.92 bits per heavy atom. The molecule has 6 nitrogen and oxygen atoms in total. The predicted octanol–water partition coefficient (Wildman–Crippen LogP) is 3.52. The SMILES string of the molecule is Cc1cc(C)nc(Nc2cccc(C(=O)N[C@H]3CCOC(C)(C)C3)c2)n1. The van der Waals surface area contributed by atoms with Gasteiger partial charge in [0, 0.05) is 35.3 Å². The Kier molecular flexibility index (Phi) is 5.23. The highest BCUT2D eigenvalue weighted by atomic mass is 16.5. The molecular weight excluding hydrogens is 328 g/mol. The molecule has 1 atom stereocenters. The molecule has 1 aromatic carbocycles. The van der Waals surface area contributed by atoms with Crippen LogP contribution in [-0.4, -0.2) is 34.1 Å². The summed E-state index contributed by atoms with van der Waals surface area (Å²) in [5.74, 6) is 0.462. The minimum atomic E-state index is -0.194. The van der Waals surface area contributed by atoms with E-state index in [2.05, 4.69) is 34.4 Å². The zero-order valence-corrected chi connectivity index (χ0v) is 15.8. The lowest BCUT2D eigenvalue weighted by molar-refractivity contribution is -0.0615. The summed E-state index contributed by atoms with van der Waals surface area (Å²) in [6.45, 7) is 8.64. The van der Waals surface area contributed by atoms with Gasteiger partial charge in [0.05, 0.1) is 5.60 Å². The Morgan fingerprint density at radius 3 is 2.62 bits per heavy atom. The highest BCUT2D eigenvalue weighted by Crippen LogP contribution is 2.24. The molecule has 1 amide bonds. The summed E-state index contributed by atoms with van der Waals surface area (Å²) in [6.07, 6.45) is 1.65. The van der Waals surface area contributed by atoms with Crippen LogP contribution in [0.1, 0.15) is 48.4 Å². The number of carbonyl (C=O) groups excluding carboxylic acids is 1. The van der Waals surface area contributed by atoms with E-state index in [1.54, 1.807) is 0 Å². The molecule has 2 heterocycles. The van der Waals surface area contributed by atoms with Crippen molar-refractivity contribution in [3.63, 3.8) is 0 Å². The Hall–Kier alpha value is -2.47. The van der Waals surface area contributed by atoms with Crippen molar-refractivity contribution in [2.45, 2.75) is 52.2 Å². The van der Waals surface area contributed by atoms with E-state index < -0.39 is 0 Å². The van der Waals surface area contributed by atoms with Crippen LogP contribution in [0.15, 0.2) is 30.3 Å². The number of hydrogen-bond donors (Lipinski definition) is 2. The molecule has 0 unspecified atom stereocenters. The number of aromatic nitrogens is 2. The van der Waals surface area contributed by atoms with E-state index in [0.717, 1.165) is 29.9 Å². The first-order valence-corrected chi connectivity index (χ1v) is 8.95. The lowest BCUT2D eigenvalue weighted by atomic mass is 9.94. The van der Waals surface area contributed by atoms with Crippen LogP contribution in [0.3, 0.4) is 0 Å². The van der Waals surface area contributed by atoms with Gasteiger partial charge < -0.3 is 15.4 Å². The summed E-state index contributed by atoms with van der Waals surface area (Å²) in [5, 5.41) is 6.30.